The van der Waals surface area contributed by atoms with E-state index in [1.54, 1.807) is 6.20 Å². The molecule has 0 saturated carbocycles. The number of rotatable bonds is 4. The molecule has 0 radical (unpaired) electrons. The van der Waals surface area contributed by atoms with Crippen molar-refractivity contribution in [2.45, 2.75) is 19.5 Å². The number of aromatic nitrogens is 1. The van der Waals surface area contributed by atoms with Gasteiger partial charge in [0.1, 0.15) is 5.76 Å². The number of oxazole rings is 1. The van der Waals surface area contributed by atoms with Crippen LogP contribution in [-0.2, 0) is 6.54 Å². The molecule has 0 fully saturated rings. The maximum Gasteiger partial charge on any atom is 0.180 e. The molecule has 1 heterocycles. The van der Waals surface area contributed by atoms with Gasteiger partial charge in [-0.1, -0.05) is 29.8 Å². The largest absolute Gasteiger partial charge is 0.447 e. The minimum atomic E-state index is 0.179. The summed E-state index contributed by atoms with van der Waals surface area (Å²) in [4.78, 5) is 3.86. The Morgan fingerprint density at radius 2 is 2.25 bits per heavy atom. The highest BCUT2D eigenvalue weighted by Gasteiger charge is 2.08. The number of hydrogen-bond donors (Lipinski definition) is 1. The average Bonchev–Trinajstić information content (AvgIpc) is 2.79. The van der Waals surface area contributed by atoms with Crippen LogP contribution in [0.2, 0.25) is 5.02 Å². The van der Waals surface area contributed by atoms with Crippen molar-refractivity contribution in [2.75, 3.05) is 0 Å². The third kappa shape index (κ3) is 2.62. The summed E-state index contributed by atoms with van der Waals surface area (Å²) in [7, 11) is 0. The van der Waals surface area contributed by atoms with E-state index in [0.717, 1.165) is 16.3 Å². The van der Waals surface area contributed by atoms with Gasteiger partial charge >= 0.3 is 0 Å². The second-order valence-electron chi connectivity index (χ2n) is 3.59. The molecule has 16 heavy (non-hydrogen) atoms. The van der Waals surface area contributed by atoms with Gasteiger partial charge < -0.3 is 9.73 Å². The summed E-state index contributed by atoms with van der Waals surface area (Å²) in [6, 6.07) is 7.99. The molecule has 0 aliphatic heterocycles. The second-order valence-corrected chi connectivity index (χ2v) is 4.00. The Morgan fingerprint density at radius 1 is 1.44 bits per heavy atom. The first kappa shape index (κ1) is 11.2. The van der Waals surface area contributed by atoms with E-state index in [2.05, 4.69) is 17.2 Å². The lowest BCUT2D eigenvalue weighted by Gasteiger charge is -2.14. The zero-order valence-corrected chi connectivity index (χ0v) is 9.74. The lowest BCUT2D eigenvalue weighted by molar-refractivity contribution is 0.458. The Bertz CT molecular complexity index is 442. The topological polar surface area (TPSA) is 38.1 Å². The monoisotopic (exact) mass is 236 g/mol. The lowest BCUT2D eigenvalue weighted by Crippen LogP contribution is -2.18. The molecule has 0 unspecified atom stereocenters. The molecule has 3 nitrogen and oxygen atoms in total. The van der Waals surface area contributed by atoms with E-state index in [4.69, 9.17) is 16.0 Å². The van der Waals surface area contributed by atoms with Gasteiger partial charge in [-0.3, -0.25) is 0 Å². The van der Waals surface area contributed by atoms with Crippen molar-refractivity contribution < 1.29 is 4.42 Å². The molecular weight excluding hydrogens is 224 g/mol. The fourth-order valence-electron chi connectivity index (χ4n) is 1.52. The number of hydrogen-bond acceptors (Lipinski definition) is 3. The van der Waals surface area contributed by atoms with Gasteiger partial charge in [-0.15, -0.1) is 0 Å². The summed E-state index contributed by atoms with van der Waals surface area (Å²) in [5.74, 6) is 0.818. The molecule has 2 aromatic rings. The van der Waals surface area contributed by atoms with Gasteiger partial charge in [-0.2, -0.15) is 0 Å². The number of benzene rings is 1. The first-order valence-corrected chi connectivity index (χ1v) is 5.50. The lowest BCUT2D eigenvalue weighted by atomic mass is 10.1. The fraction of sp³-hybridized carbons (Fsp3) is 0.250. The van der Waals surface area contributed by atoms with Gasteiger partial charge in [0.25, 0.3) is 0 Å². The molecule has 0 spiro atoms. The van der Waals surface area contributed by atoms with Gasteiger partial charge in [0.2, 0.25) is 0 Å². The van der Waals surface area contributed by atoms with Crippen LogP contribution in [0.1, 0.15) is 24.3 Å². The van der Waals surface area contributed by atoms with Gasteiger partial charge in [-0.05, 0) is 18.6 Å². The van der Waals surface area contributed by atoms with E-state index in [1.165, 1.54) is 6.39 Å². The van der Waals surface area contributed by atoms with Crippen LogP contribution in [0, 0.1) is 0 Å². The van der Waals surface area contributed by atoms with E-state index < -0.39 is 0 Å². The van der Waals surface area contributed by atoms with Crippen molar-refractivity contribution in [3.05, 3.63) is 53.2 Å². The number of halogens is 1. The standard InChI is InChI=1S/C12H13ClN2O/c1-9(11-4-2-3-5-12(11)13)15-7-10-6-14-8-16-10/h2-6,8-9,15H,7H2,1H3/t9-/m1/s1. The van der Waals surface area contributed by atoms with Crippen LogP contribution in [-0.4, -0.2) is 4.98 Å². The zero-order valence-electron chi connectivity index (χ0n) is 8.98. The average molecular weight is 237 g/mol. The van der Waals surface area contributed by atoms with Crippen molar-refractivity contribution in [3.63, 3.8) is 0 Å². The van der Waals surface area contributed by atoms with E-state index in [0.29, 0.717) is 6.54 Å². The van der Waals surface area contributed by atoms with Gasteiger partial charge in [0.05, 0.1) is 12.7 Å². The zero-order chi connectivity index (χ0) is 11.4. The van der Waals surface area contributed by atoms with E-state index in [-0.39, 0.29) is 6.04 Å². The van der Waals surface area contributed by atoms with Crippen molar-refractivity contribution >= 4 is 11.6 Å². The molecule has 1 atom stereocenters. The summed E-state index contributed by atoms with van der Waals surface area (Å²) < 4.78 is 5.14. The van der Waals surface area contributed by atoms with E-state index >= 15 is 0 Å². The normalized spacial score (nSPS) is 12.6. The minimum Gasteiger partial charge on any atom is -0.447 e. The minimum absolute atomic E-state index is 0.179. The van der Waals surface area contributed by atoms with Gasteiger partial charge in [0, 0.05) is 11.1 Å². The van der Waals surface area contributed by atoms with Crippen LogP contribution in [0.5, 0.6) is 0 Å². The highest BCUT2D eigenvalue weighted by Crippen LogP contribution is 2.22. The molecule has 0 aliphatic carbocycles. The van der Waals surface area contributed by atoms with E-state index in [9.17, 15) is 0 Å². The molecule has 1 aromatic carbocycles. The SMILES string of the molecule is C[C@@H](NCc1cnco1)c1ccccc1Cl. The van der Waals surface area contributed by atoms with Crippen LogP contribution in [0.15, 0.2) is 41.3 Å². The molecule has 4 heteroatoms. The predicted octanol–water partition coefficient (Wildman–Crippen LogP) is 3.18. The first-order chi connectivity index (χ1) is 7.77. The first-order valence-electron chi connectivity index (χ1n) is 5.12. The molecule has 0 saturated heterocycles. The molecule has 0 amide bonds. The molecule has 1 aromatic heterocycles. The Kier molecular flexibility index (Phi) is 3.59. The van der Waals surface area contributed by atoms with Crippen LogP contribution in [0.25, 0.3) is 0 Å². The second kappa shape index (κ2) is 5.14. The van der Waals surface area contributed by atoms with Crippen molar-refractivity contribution in [1.29, 1.82) is 0 Å². The summed E-state index contributed by atoms with van der Waals surface area (Å²) in [6.07, 6.45) is 3.13. The Hall–Kier alpha value is -1.32. The van der Waals surface area contributed by atoms with Gasteiger partial charge in [0.15, 0.2) is 6.39 Å². The van der Waals surface area contributed by atoms with Crippen LogP contribution in [0.4, 0.5) is 0 Å². The maximum absolute atomic E-state index is 6.10. The Morgan fingerprint density at radius 3 is 2.94 bits per heavy atom. The quantitative estimate of drug-likeness (QED) is 0.886. The smallest absolute Gasteiger partial charge is 0.180 e. The molecule has 84 valence electrons. The molecule has 0 bridgehead atoms. The van der Waals surface area contributed by atoms with Crippen LogP contribution >= 0.6 is 11.6 Å². The fourth-order valence-corrected chi connectivity index (χ4v) is 1.82. The van der Waals surface area contributed by atoms with Crippen molar-refractivity contribution in [3.8, 4) is 0 Å². The van der Waals surface area contributed by atoms with Crippen LogP contribution < -0.4 is 5.32 Å². The summed E-state index contributed by atoms with van der Waals surface area (Å²) >= 11 is 6.10. The van der Waals surface area contributed by atoms with E-state index in [1.807, 2.05) is 24.3 Å². The number of nitrogens with zero attached hydrogens (tertiary/aromatic N) is 1. The van der Waals surface area contributed by atoms with Crippen molar-refractivity contribution in [1.82, 2.24) is 10.3 Å². The summed E-state index contributed by atoms with van der Waals surface area (Å²) in [6.45, 7) is 2.71. The summed E-state index contributed by atoms with van der Waals surface area (Å²) in [5, 5.41) is 4.10. The molecule has 0 aliphatic rings. The molecular formula is C12H13ClN2O. The third-order valence-electron chi connectivity index (χ3n) is 2.44. The highest BCUT2D eigenvalue weighted by molar-refractivity contribution is 6.31. The number of nitrogens with one attached hydrogen (secondary N) is 1. The summed E-state index contributed by atoms with van der Waals surface area (Å²) in [5.41, 5.74) is 1.09. The van der Waals surface area contributed by atoms with Crippen molar-refractivity contribution in [2.24, 2.45) is 0 Å². The highest BCUT2D eigenvalue weighted by atomic mass is 35.5. The molecule has 1 N–H and O–H groups in total. The maximum atomic E-state index is 6.10. The van der Waals surface area contributed by atoms with Crippen LogP contribution in [0.3, 0.4) is 0 Å². The van der Waals surface area contributed by atoms with Gasteiger partial charge in [-0.25, -0.2) is 4.98 Å². The Labute approximate surface area is 99.5 Å². The Balaban J connectivity index is 1.98. The third-order valence-corrected chi connectivity index (χ3v) is 2.78. The predicted molar refractivity (Wildman–Crippen MR) is 63.2 cm³/mol. The molecule has 2 rings (SSSR count).